The Kier molecular flexibility index (Phi) is 6.73. The van der Waals surface area contributed by atoms with Gasteiger partial charge in [-0.3, -0.25) is 14.9 Å². The van der Waals surface area contributed by atoms with Crippen LogP contribution in [-0.4, -0.2) is 62.0 Å². The first-order valence-electron chi connectivity index (χ1n) is 9.58. The van der Waals surface area contributed by atoms with Crippen LogP contribution in [0.5, 0.6) is 0 Å². The molecule has 30 heavy (non-hydrogen) atoms. The highest BCUT2D eigenvalue weighted by atomic mass is 32.2. The standard InChI is InChI=1S/C19H24N4O6S/c1-15-4-2-5-16(14-15)21-9-11-22(12-10-21)30(27,28)13-3-8-20-19(24)17-6-7-18(29-17)23(25)26/h2,4-7,14H,3,8-13H2,1H3,(H,20,24). The van der Waals surface area contributed by atoms with Crippen molar-refractivity contribution in [3.63, 3.8) is 0 Å². The quantitative estimate of drug-likeness (QED) is 0.380. The number of nitrogens with zero attached hydrogens (tertiary/aromatic N) is 3. The van der Waals surface area contributed by atoms with E-state index in [1.807, 2.05) is 25.1 Å². The highest BCUT2D eigenvalue weighted by molar-refractivity contribution is 7.89. The number of nitro groups is 1. The van der Waals surface area contributed by atoms with E-state index in [9.17, 15) is 23.3 Å². The second-order valence-corrected chi connectivity index (χ2v) is 9.13. The van der Waals surface area contributed by atoms with Crippen molar-refractivity contribution in [3.8, 4) is 0 Å². The molecule has 1 aliphatic heterocycles. The van der Waals surface area contributed by atoms with Crippen LogP contribution in [0.3, 0.4) is 0 Å². The van der Waals surface area contributed by atoms with Crippen LogP contribution in [0.2, 0.25) is 0 Å². The van der Waals surface area contributed by atoms with Gasteiger partial charge in [0, 0.05) is 38.4 Å². The third kappa shape index (κ3) is 5.36. The molecule has 11 heteroatoms. The van der Waals surface area contributed by atoms with Crippen molar-refractivity contribution in [1.82, 2.24) is 9.62 Å². The van der Waals surface area contributed by atoms with Gasteiger partial charge < -0.3 is 14.6 Å². The number of furan rings is 1. The van der Waals surface area contributed by atoms with Gasteiger partial charge in [0.05, 0.1) is 11.8 Å². The van der Waals surface area contributed by atoms with E-state index in [-0.39, 0.29) is 24.5 Å². The lowest BCUT2D eigenvalue weighted by Gasteiger charge is -2.35. The molecule has 1 aromatic heterocycles. The number of carbonyl (C=O) groups is 1. The molecule has 1 amide bonds. The monoisotopic (exact) mass is 436 g/mol. The van der Waals surface area contributed by atoms with Crippen molar-refractivity contribution >= 4 is 27.5 Å². The Morgan fingerprint density at radius 1 is 1.20 bits per heavy atom. The maximum absolute atomic E-state index is 12.6. The minimum atomic E-state index is -3.42. The second-order valence-electron chi connectivity index (χ2n) is 7.05. The smallest absolute Gasteiger partial charge is 0.395 e. The Labute approximate surface area is 174 Å². The van der Waals surface area contributed by atoms with Crippen LogP contribution in [0.1, 0.15) is 22.5 Å². The lowest BCUT2D eigenvalue weighted by molar-refractivity contribution is -0.402. The van der Waals surface area contributed by atoms with Crippen molar-refractivity contribution in [2.24, 2.45) is 0 Å². The summed E-state index contributed by atoms with van der Waals surface area (Å²) < 4.78 is 31.4. The zero-order valence-electron chi connectivity index (χ0n) is 16.6. The van der Waals surface area contributed by atoms with Crippen LogP contribution in [0.15, 0.2) is 40.8 Å². The Bertz CT molecular complexity index is 1010. The molecular weight excluding hydrogens is 412 g/mol. The molecule has 1 fully saturated rings. The summed E-state index contributed by atoms with van der Waals surface area (Å²) in [4.78, 5) is 23.9. The molecule has 0 atom stereocenters. The van der Waals surface area contributed by atoms with E-state index in [1.165, 1.54) is 10.4 Å². The summed E-state index contributed by atoms with van der Waals surface area (Å²) in [5, 5.41) is 13.1. The molecule has 0 aliphatic carbocycles. The molecule has 0 unspecified atom stereocenters. The molecule has 1 N–H and O–H groups in total. The van der Waals surface area contributed by atoms with Crippen LogP contribution < -0.4 is 10.2 Å². The first-order chi connectivity index (χ1) is 14.3. The van der Waals surface area contributed by atoms with Crippen LogP contribution in [-0.2, 0) is 10.0 Å². The predicted octanol–water partition coefficient (Wildman–Crippen LogP) is 1.77. The summed E-state index contributed by atoms with van der Waals surface area (Å²) in [6.45, 7) is 4.22. The third-order valence-electron chi connectivity index (χ3n) is 4.86. The van der Waals surface area contributed by atoms with E-state index in [1.54, 1.807) is 0 Å². The molecule has 162 valence electrons. The van der Waals surface area contributed by atoms with Gasteiger partial charge in [-0.1, -0.05) is 12.1 Å². The number of sulfonamides is 1. The Hall–Kier alpha value is -2.92. The molecule has 0 radical (unpaired) electrons. The molecule has 0 saturated carbocycles. The van der Waals surface area contributed by atoms with Crippen LogP contribution in [0.25, 0.3) is 0 Å². The van der Waals surface area contributed by atoms with E-state index in [2.05, 4.69) is 16.3 Å². The lowest BCUT2D eigenvalue weighted by Crippen LogP contribution is -2.49. The summed E-state index contributed by atoms with van der Waals surface area (Å²) in [6, 6.07) is 10.4. The van der Waals surface area contributed by atoms with Gasteiger partial charge in [-0.2, -0.15) is 4.31 Å². The zero-order valence-corrected chi connectivity index (χ0v) is 17.4. The first-order valence-corrected chi connectivity index (χ1v) is 11.2. The number of carbonyl (C=O) groups excluding carboxylic acids is 1. The Balaban J connectivity index is 1.43. The fraction of sp³-hybridized carbons (Fsp3) is 0.421. The Morgan fingerprint density at radius 2 is 1.93 bits per heavy atom. The predicted molar refractivity (Wildman–Crippen MR) is 111 cm³/mol. The molecular formula is C19H24N4O6S. The highest BCUT2D eigenvalue weighted by Gasteiger charge is 2.26. The summed E-state index contributed by atoms with van der Waals surface area (Å²) in [7, 11) is -3.42. The van der Waals surface area contributed by atoms with E-state index in [0.717, 1.165) is 17.3 Å². The van der Waals surface area contributed by atoms with Gasteiger partial charge in [-0.05, 0) is 37.1 Å². The summed E-state index contributed by atoms with van der Waals surface area (Å²) >= 11 is 0. The number of nitrogens with one attached hydrogen (secondary N) is 1. The van der Waals surface area contributed by atoms with Gasteiger partial charge in [0.2, 0.25) is 10.0 Å². The molecule has 3 rings (SSSR count). The second kappa shape index (κ2) is 9.26. The molecule has 2 aromatic rings. The SMILES string of the molecule is Cc1cccc(N2CCN(S(=O)(=O)CCCNC(=O)c3ccc([N+](=O)[O-])o3)CC2)c1. The topological polar surface area (TPSA) is 126 Å². The fourth-order valence-electron chi connectivity index (χ4n) is 3.27. The van der Waals surface area contributed by atoms with Crippen LogP contribution >= 0.6 is 0 Å². The first kappa shape index (κ1) is 21.8. The summed E-state index contributed by atoms with van der Waals surface area (Å²) in [5.41, 5.74) is 2.25. The normalized spacial score (nSPS) is 15.2. The van der Waals surface area contributed by atoms with E-state index >= 15 is 0 Å². The number of hydrogen-bond acceptors (Lipinski definition) is 7. The van der Waals surface area contributed by atoms with Gasteiger partial charge in [0.25, 0.3) is 5.91 Å². The van der Waals surface area contributed by atoms with E-state index in [4.69, 9.17) is 4.42 Å². The maximum Gasteiger partial charge on any atom is 0.433 e. The van der Waals surface area contributed by atoms with Crippen molar-refractivity contribution in [2.45, 2.75) is 13.3 Å². The van der Waals surface area contributed by atoms with Crippen LogP contribution in [0, 0.1) is 17.0 Å². The third-order valence-corrected chi connectivity index (χ3v) is 6.82. The number of aryl methyl sites for hydroxylation is 1. The minimum absolute atomic E-state index is 0.0873. The lowest BCUT2D eigenvalue weighted by atomic mass is 10.2. The van der Waals surface area contributed by atoms with Crippen molar-refractivity contribution in [1.29, 1.82) is 0 Å². The molecule has 1 saturated heterocycles. The average molecular weight is 436 g/mol. The maximum atomic E-state index is 12.6. The van der Waals surface area contributed by atoms with Gasteiger partial charge >= 0.3 is 5.88 Å². The largest absolute Gasteiger partial charge is 0.433 e. The Morgan fingerprint density at radius 3 is 2.57 bits per heavy atom. The van der Waals surface area contributed by atoms with Crippen molar-refractivity contribution < 1.29 is 22.6 Å². The van der Waals surface area contributed by atoms with Gasteiger partial charge in [-0.15, -0.1) is 0 Å². The molecule has 0 spiro atoms. The summed E-state index contributed by atoms with van der Waals surface area (Å²) in [6.07, 6.45) is 0.231. The van der Waals surface area contributed by atoms with E-state index < -0.39 is 26.7 Å². The van der Waals surface area contributed by atoms with Crippen LogP contribution in [0.4, 0.5) is 11.6 Å². The number of hydrogen-bond donors (Lipinski definition) is 1. The van der Waals surface area contributed by atoms with Gasteiger partial charge in [0.15, 0.2) is 5.76 Å². The fourth-order valence-corrected chi connectivity index (χ4v) is 4.76. The number of amides is 1. The minimum Gasteiger partial charge on any atom is -0.395 e. The van der Waals surface area contributed by atoms with Crippen molar-refractivity contribution in [3.05, 3.63) is 57.8 Å². The van der Waals surface area contributed by atoms with E-state index in [0.29, 0.717) is 26.2 Å². The molecule has 1 aliphatic rings. The van der Waals surface area contributed by atoms with Gasteiger partial charge in [0.1, 0.15) is 4.92 Å². The number of rotatable bonds is 8. The summed E-state index contributed by atoms with van der Waals surface area (Å²) in [5.74, 6) is -1.41. The molecule has 1 aromatic carbocycles. The van der Waals surface area contributed by atoms with Crippen molar-refractivity contribution in [2.75, 3.05) is 43.4 Å². The molecule has 10 nitrogen and oxygen atoms in total. The highest BCUT2D eigenvalue weighted by Crippen LogP contribution is 2.19. The zero-order chi connectivity index (χ0) is 21.7. The number of anilines is 1. The molecule has 2 heterocycles. The average Bonchev–Trinajstić information content (AvgIpc) is 3.22. The number of piperazine rings is 1. The van der Waals surface area contributed by atoms with Gasteiger partial charge in [-0.25, -0.2) is 8.42 Å². The number of benzene rings is 1. The molecule has 0 bridgehead atoms.